The Hall–Kier alpha value is -0.386. The van der Waals surface area contributed by atoms with E-state index >= 15 is 0 Å². The molecule has 0 radical (unpaired) electrons. The second-order valence-electron chi connectivity index (χ2n) is 4.11. The van der Waals surface area contributed by atoms with Crippen LogP contribution in [0.25, 0.3) is 0 Å². The first-order chi connectivity index (χ1) is 10.8. The van der Waals surface area contributed by atoms with E-state index in [1.807, 2.05) is 0 Å². The monoisotopic (exact) mass is 424 g/mol. The van der Waals surface area contributed by atoms with Crippen molar-refractivity contribution in [1.29, 1.82) is 0 Å². The molecular formula is C13H8Cl2F5OPTi. The maximum atomic E-state index is 13.5. The molecule has 0 heterocycles. The topological polar surface area (TPSA) is 20.2 Å². The number of hydrogen-bond acceptors (Lipinski definition) is 1. The molecule has 0 spiro atoms. The summed E-state index contributed by atoms with van der Waals surface area (Å²) in [6.07, 6.45) is 0. The Balaban J connectivity index is 0.000000816. The van der Waals surface area contributed by atoms with Crippen LogP contribution in [0.5, 0.6) is 5.75 Å². The van der Waals surface area contributed by atoms with E-state index in [1.165, 1.54) is 12.1 Å². The van der Waals surface area contributed by atoms with Crippen LogP contribution in [0.1, 0.15) is 5.56 Å². The number of phenolic OH excluding ortho intramolecular Hbond substituents is 1. The molecule has 0 bridgehead atoms. The van der Waals surface area contributed by atoms with Gasteiger partial charge in [-0.05, 0) is 21.1 Å². The molecular weight excluding hydrogens is 417 g/mol. The Bertz CT molecular complexity index is 688. The molecule has 0 saturated carbocycles. The summed E-state index contributed by atoms with van der Waals surface area (Å²) in [7, 11) is 8.89. The number of hydrogen-bond donors (Lipinski definition) is 1. The molecule has 1 atom stereocenters. The van der Waals surface area contributed by atoms with Crippen LogP contribution in [0, 0.1) is 36.0 Å². The van der Waals surface area contributed by atoms with Gasteiger partial charge in [0.2, 0.25) is 5.82 Å². The number of benzene rings is 2. The van der Waals surface area contributed by atoms with Gasteiger partial charge < -0.3 is 5.11 Å². The zero-order valence-corrected chi connectivity index (χ0v) is 15.4. The van der Waals surface area contributed by atoms with Gasteiger partial charge in [0.05, 0.1) is 5.30 Å². The van der Waals surface area contributed by atoms with Crippen LogP contribution in [0.3, 0.4) is 0 Å². The van der Waals surface area contributed by atoms with Crippen LogP contribution < -0.4 is 10.6 Å². The number of aromatic hydroxyl groups is 1. The van der Waals surface area contributed by atoms with E-state index < -0.39 is 60.0 Å². The Labute approximate surface area is 147 Å². The first-order valence-corrected chi connectivity index (χ1v) is 11.1. The molecule has 0 aliphatic carbocycles. The van der Waals surface area contributed by atoms with Crippen molar-refractivity contribution in [1.82, 2.24) is 0 Å². The minimum atomic E-state index is -2.19. The summed E-state index contributed by atoms with van der Waals surface area (Å²) in [5.41, 5.74) is 0.443. The zero-order chi connectivity index (χ0) is 17.7. The first-order valence-electron chi connectivity index (χ1n) is 5.79. The van der Waals surface area contributed by atoms with Crippen LogP contribution in [0.2, 0.25) is 0 Å². The van der Waals surface area contributed by atoms with E-state index in [9.17, 15) is 27.1 Å². The van der Waals surface area contributed by atoms with Gasteiger partial charge in [-0.15, -0.1) is 0 Å². The average Bonchev–Trinajstić information content (AvgIpc) is 2.52. The molecule has 1 unspecified atom stereocenters. The number of para-hydroxylation sites is 1. The van der Waals surface area contributed by atoms with E-state index in [4.69, 9.17) is 18.6 Å². The van der Waals surface area contributed by atoms with Crippen molar-refractivity contribution in [3.63, 3.8) is 0 Å². The van der Waals surface area contributed by atoms with E-state index in [2.05, 4.69) is 0 Å². The van der Waals surface area contributed by atoms with E-state index in [-0.39, 0.29) is 11.1 Å². The van der Waals surface area contributed by atoms with Gasteiger partial charge in [0.25, 0.3) is 0 Å². The maximum absolute atomic E-state index is 13.5. The van der Waals surface area contributed by atoms with Gasteiger partial charge in [0.1, 0.15) is 5.75 Å². The average molecular weight is 425 g/mol. The minimum absolute atomic E-state index is 0.105. The number of phenols is 1. The Morgan fingerprint density at radius 2 is 1.35 bits per heavy atom. The predicted molar refractivity (Wildman–Crippen MR) is 78.4 cm³/mol. The predicted octanol–water partition coefficient (Wildman–Crippen LogP) is 4.40. The molecule has 1 nitrogen and oxygen atoms in total. The van der Waals surface area contributed by atoms with E-state index in [0.717, 1.165) is 0 Å². The van der Waals surface area contributed by atoms with Crippen LogP contribution in [0.4, 0.5) is 22.0 Å². The van der Waals surface area contributed by atoms with Crippen LogP contribution >= 0.6 is 27.2 Å². The number of halogens is 7. The third-order valence-electron chi connectivity index (χ3n) is 2.71. The van der Waals surface area contributed by atoms with Crippen molar-refractivity contribution >= 4 is 37.8 Å². The fourth-order valence-electron chi connectivity index (χ4n) is 1.61. The van der Waals surface area contributed by atoms with Gasteiger partial charge in [0, 0.05) is 5.30 Å². The third-order valence-corrected chi connectivity index (χ3v) is 4.07. The summed E-state index contributed by atoms with van der Waals surface area (Å²) < 4.78 is 66.1. The molecule has 2 aromatic rings. The standard InChI is InChI=1S/C13H8F5OP.2ClH.Ti/c1-5-3-2-4-6(12(5)19)20-13-10(17)8(15)7(14)9(16)11(13)18;;;/h2-4,19-20H,1H3;2*1H;/q;;;+2/p-2. The van der Waals surface area contributed by atoms with E-state index in [0.29, 0.717) is 5.56 Å². The third kappa shape index (κ3) is 4.80. The summed E-state index contributed by atoms with van der Waals surface area (Å²) in [6.45, 7) is 1.56. The fourth-order valence-corrected chi connectivity index (χ4v) is 2.81. The van der Waals surface area contributed by atoms with Crippen molar-refractivity contribution in [3.05, 3.63) is 52.8 Å². The molecule has 23 heavy (non-hydrogen) atoms. The summed E-state index contributed by atoms with van der Waals surface area (Å²) in [6, 6.07) is 4.43. The van der Waals surface area contributed by atoms with Gasteiger partial charge in [-0.3, -0.25) is 0 Å². The van der Waals surface area contributed by atoms with Gasteiger partial charge in [-0.1, -0.05) is 18.2 Å². The summed E-state index contributed by atoms with van der Waals surface area (Å²) >= 11 is -0.556. The normalized spacial score (nSPS) is 10.6. The Morgan fingerprint density at radius 3 is 1.83 bits per heavy atom. The van der Waals surface area contributed by atoms with Crippen molar-refractivity contribution < 1.29 is 44.1 Å². The quantitative estimate of drug-likeness (QED) is 0.249. The zero-order valence-electron chi connectivity index (χ0n) is 11.3. The SMILES string of the molecule is Cc1cccc(Pc2c(F)c(F)c(F)c(F)c2F)c1O.[Cl][Ti][Cl]. The number of aryl methyl sites for hydroxylation is 1. The Kier molecular flexibility index (Phi) is 8.25. The van der Waals surface area contributed by atoms with Gasteiger partial charge in [0.15, 0.2) is 23.3 Å². The number of rotatable bonds is 2. The van der Waals surface area contributed by atoms with Crippen molar-refractivity contribution in [2.45, 2.75) is 6.92 Å². The molecule has 1 N–H and O–H groups in total. The van der Waals surface area contributed by atoms with Crippen molar-refractivity contribution in [2.24, 2.45) is 0 Å². The molecule has 0 saturated heterocycles. The Morgan fingerprint density at radius 1 is 0.913 bits per heavy atom. The molecule has 2 aromatic carbocycles. The van der Waals surface area contributed by atoms with Gasteiger partial charge in [-0.2, -0.15) is 0 Å². The van der Waals surface area contributed by atoms with Gasteiger partial charge in [-0.25, -0.2) is 22.0 Å². The second kappa shape index (κ2) is 9.19. The fraction of sp³-hybridized carbons (Fsp3) is 0.0769. The van der Waals surface area contributed by atoms with Crippen LogP contribution in [-0.4, -0.2) is 5.11 Å². The molecule has 0 aliphatic rings. The molecule has 0 aliphatic heterocycles. The summed E-state index contributed by atoms with van der Waals surface area (Å²) in [4.78, 5) is 0. The van der Waals surface area contributed by atoms with E-state index in [1.54, 1.807) is 13.0 Å². The van der Waals surface area contributed by atoms with Gasteiger partial charge >= 0.3 is 35.6 Å². The molecule has 124 valence electrons. The summed E-state index contributed by atoms with van der Waals surface area (Å²) in [5, 5.41) is 8.90. The van der Waals surface area contributed by atoms with Crippen molar-refractivity contribution in [2.75, 3.05) is 0 Å². The molecule has 0 amide bonds. The molecule has 0 aromatic heterocycles. The van der Waals surface area contributed by atoms with Crippen LogP contribution in [-0.2, 0) is 17.0 Å². The van der Waals surface area contributed by atoms with Crippen LogP contribution in [0.15, 0.2) is 18.2 Å². The molecule has 0 fully saturated rings. The molecule has 2 rings (SSSR count). The first kappa shape index (κ1) is 20.7. The van der Waals surface area contributed by atoms with Crippen molar-refractivity contribution in [3.8, 4) is 5.75 Å². The summed E-state index contributed by atoms with van der Waals surface area (Å²) in [5.74, 6) is -10.1. The second-order valence-corrected chi connectivity index (χ2v) is 7.98. The molecule has 10 heteroatoms.